The molecule has 0 amide bonds. The van der Waals surface area contributed by atoms with E-state index in [2.05, 4.69) is 27.7 Å². The Balaban J connectivity index is 2.79. The van der Waals surface area contributed by atoms with Gasteiger partial charge in [0.1, 0.15) is 0 Å². The van der Waals surface area contributed by atoms with Crippen LogP contribution in [0.15, 0.2) is 0 Å². The van der Waals surface area contributed by atoms with Crippen molar-refractivity contribution in [1.82, 2.24) is 0 Å². The van der Waals surface area contributed by atoms with E-state index in [1.54, 1.807) is 0 Å². The largest absolute Gasteiger partial charge is 0.175 e. The molecule has 0 aromatic rings. The van der Waals surface area contributed by atoms with Crippen molar-refractivity contribution < 1.29 is 0 Å². The van der Waals surface area contributed by atoms with Crippen molar-refractivity contribution in [1.29, 1.82) is 0 Å². The Morgan fingerprint density at radius 1 is 1.43 bits per heavy atom. The lowest BCUT2D eigenvalue weighted by molar-refractivity contribution is 0.125. The Morgan fingerprint density at radius 2 is 2.00 bits per heavy atom. The van der Waals surface area contributed by atoms with Crippen LogP contribution in [0.3, 0.4) is 0 Å². The molecule has 0 N–H and O–H groups in total. The quantitative estimate of drug-likeness (QED) is 0.521. The molecule has 0 aliphatic heterocycles. The van der Waals surface area contributed by atoms with Crippen molar-refractivity contribution in [2.45, 2.75) is 58.0 Å². The first-order valence-electron chi connectivity index (χ1n) is 5.86. The number of rotatable bonds is 2. The lowest BCUT2D eigenvalue weighted by Crippen LogP contribution is -2.43. The van der Waals surface area contributed by atoms with Gasteiger partial charge in [-0.15, -0.1) is 0 Å². The van der Waals surface area contributed by atoms with E-state index in [9.17, 15) is 0 Å². The van der Waals surface area contributed by atoms with Gasteiger partial charge in [-0.05, 0) is 30.1 Å². The molecule has 5 atom stereocenters. The third-order valence-corrected chi connectivity index (χ3v) is 5.18. The van der Waals surface area contributed by atoms with Crippen LogP contribution in [-0.2, 0) is 0 Å². The van der Waals surface area contributed by atoms with Gasteiger partial charge in [0.2, 0.25) is 0 Å². The first kappa shape index (κ1) is 12.5. The second-order valence-corrected chi connectivity index (χ2v) is 6.02. The van der Waals surface area contributed by atoms with Crippen molar-refractivity contribution in [3.05, 3.63) is 0 Å². The Bertz CT molecular complexity index is 195. The maximum atomic E-state index is 6.18. The third kappa shape index (κ3) is 2.15. The van der Waals surface area contributed by atoms with Gasteiger partial charge in [-0.25, -0.2) is 0 Å². The summed E-state index contributed by atoms with van der Waals surface area (Å²) in [4.78, 5) is 0. The Hall–Kier alpha value is 0.415. The number of hydrogen-bond acceptors (Lipinski definition) is 1. The summed E-state index contributed by atoms with van der Waals surface area (Å²) in [5.74, 6) is 1.52. The van der Waals surface area contributed by atoms with Crippen molar-refractivity contribution in [2.75, 3.05) is 0 Å². The van der Waals surface area contributed by atoms with Crippen molar-refractivity contribution in [3.8, 4) is 0 Å². The normalized spacial score (nSPS) is 49.2. The summed E-state index contributed by atoms with van der Waals surface area (Å²) in [6.07, 6.45) is 3.77. The van der Waals surface area contributed by atoms with Crippen LogP contribution in [0.25, 0.3) is 0 Å². The SMILES string of the molecule is [B]C1C(C)CC(C)(CCC)C(S)C1C. The summed E-state index contributed by atoms with van der Waals surface area (Å²) in [5.41, 5.74) is 0.395. The molecule has 1 fully saturated rings. The molecule has 5 unspecified atom stereocenters. The number of hydrogen-bond donors (Lipinski definition) is 1. The Kier molecular flexibility index (Phi) is 4.02. The van der Waals surface area contributed by atoms with E-state index in [1.807, 2.05) is 0 Å². The highest BCUT2D eigenvalue weighted by Gasteiger charge is 2.43. The maximum absolute atomic E-state index is 6.18. The zero-order chi connectivity index (χ0) is 10.9. The van der Waals surface area contributed by atoms with E-state index >= 15 is 0 Å². The maximum Gasteiger partial charge on any atom is 0.0707 e. The first-order valence-corrected chi connectivity index (χ1v) is 6.37. The van der Waals surface area contributed by atoms with Crippen LogP contribution in [0, 0.1) is 17.3 Å². The fourth-order valence-electron chi connectivity index (χ4n) is 3.18. The molecule has 0 bridgehead atoms. The molecule has 14 heavy (non-hydrogen) atoms. The van der Waals surface area contributed by atoms with Crippen molar-refractivity contribution in [2.24, 2.45) is 17.3 Å². The highest BCUT2D eigenvalue weighted by atomic mass is 32.1. The number of thiol groups is 1. The minimum absolute atomic E-state index is 0.336. The van der Waals surface area contributed by atoms with Gasteiger partial charge < -0.3 is 0 Å². The monoisotopic (exact) mass is 210 g/mol. The molecule has 1 aliphatic rings. The predicted octanol–water partition coefficient (Wildman–Crippen LogP) is 3.72. The molecule has 1 rings (SSSR count). The summed E-state index contributed by atoms with van der Waals surface area (Å²) in [6.45, 7) is 9.18. The van der Waals surface area contributed by atoms with Gasteiger partial charge >= 0.3 is 0 Å². The van der Waals surface area contributed by atoms with Crippen LogP contribution in [-0.4, -0.2) is 13.1 Å². The molecular weight excluding hydrogens is 187 g/mol. The average Bonchev–Trinajstić information content (AvgIpc) is 2.12. The summed E-state index contributed by atoms with van der Waals surface area (Å²) in [7, 11) is 6.18. The van der Waals surface area contributed by atoms with Crippen LogP contribution < -0.4 is 0 Å². The van der Waals surface area contributed by atoms with E-state index in [0.29, 0.717) is 28.3 Å². The molecule has 0 heterocycles. The third-order valence-electron chi connectivity index (χ3n) is 4.09. The molecule has 0 nitrogen and oxygen atoms in total. The van der Waals surface area contributed by atoms with Crippen LogP contribution in [0.1, 0.15) is 47.0 Å². The minimum atomic E-state index is 0.336. The topological polar surface area (TPSA) is 0 Å². The van der Waals surface area contributed by atoms with Gasteiger partial charge in [0.05, 0.1) is 7.85 Å². The van der Waals surface area contributed by atoms with E-state index in [4.69, 9.17) is 20.5 Å². The molecule has 1 saturated carbocycles. The molecule has 2 radical (unpaired) electrons. The molecule has 0 spiro atoms. The first-order chi connectivity index (χ1) is 6.42. The molecular formula is C12H23BS. The smallest absolute Gasteiger partial charge is 0.0707 e. The van der Waals surface area contributed by atoms with E-state index in [-0.39, 0.29) is 0 Å². The highest BCUT2D eigenvalue weighted by Crippen LogP contribution is 2.51. The fourth-order valence-corrected chi connectivity index (χ4v) is 3.61. The molecule has 2 heteroatoms. The van der Waals surface area contributed by atoms with Crippen LogP contribution in [0.5, 0.6) is 0 Å². The minimum Gasteiger partial charge on any atom is -0.175 e. The van der Waals surface area contributed by atoms with Crippen LogP contribution in [0.2, 0.25) is 5.82 Å². The summed E-state index contributed by atoms with van der Waals surface area (Å²) >= 11 is 4.79. The lowest BCUT2D eigenvalue weighted by Gasteiger charge is -2.49. The van der Waals surface area contributed by atoms with Crippen LogP contribution >= 0.6 is 12.6 Å². The van der Waals surface area contributed by atoms with Crippen molar-refractivity contribution >= 4 is 20.5 Å². The van der Waals surface area contributed by atoms with E-state index in [1.165, 1.54) is 19.3 Å². The molecule has 0 saturated heterocycles. The molecule has 1 aliphatic carbocycles. The van der Waals surface area contributed by atoms with Gasteiger partial charge in [-0.1, -0.05) is 39.9 Å². The highest BCUT2D eigenvalue weighted by molar-refractivity contribution is 7.81. The fraction of sp³-hybridized carbons (Fsp3) is 1.00. The van der Waals surface area contributed by atoms with Crippen LogP contribution in [0.4, 0.5) is 0 Å². The second-order valence-electron chi connectivity index (χ2n) is 5.47. The summed E-state index contributed by atoms with van der Waals surface area (Å²) in [6, 6.07) is 0. The predicted molar refractivity (Wildman–Crippen MR) is 68.2 cm³/mol. The Labute approximate surface area is 96.1 Å². The molecule has 0 aromatic heterocycles. The molecule has 0 aromatic carbocycles. The standard InChI is InChI=1S/C12H23BS/c1-5-6-12(4)7-8(2)10(13)9(3)11(12)14/h8-11,14H,5-7H2,1-4H3. The zero-order valence-electron chi connectivity index (χ0n) is 9.96. The summed E-state index contributed by atoms with van der Waals surface area (Å²) in [5, 5.41) is 0.466. The van der Waals surface area contributed by atoms with Crippen molar-refractivity contribution in [3.63, 3.8) is 0 Å². The average molecular weight is 210 g/mol. The Morgan fingerprint density at radius 3 is 2.50 bits per heavy atom. The van der Waals surface area contributed by atoms with Gasteiger partial charge in [0, 0.05) is 5.25 Å². The zero-order valence-corrected chi connectivity index (χ0v) is 10.8. The lowest BCUT2D eigenvalue weighted by atomic mass is 9.55. The van der Waals surface area contributed by atoms with Gasteiger partial charge in [0.15, 0.2) is 0 Å². The van der Waals surface area contributed by atoms with Gasteiger partial charge in [0.25, 0.3) is 0 Å². The summed E-state index contributed by atoms with van der Waals surface area (Å²) < 4.78 is 0. The second kappa shape index (κ2) is 4.51. The van der Waals surface area contributed by atoms with Gasteiger partial charge in [-0.3, -0.25) is 0 Å². The molecule has 80 valence electrons. The van der Waals surface area contributed by atoms with E-state index < -0.39 is 0 Å². The van der Waals surface area contributed by atoms with E-state index in [0.717, 1.165) is 0 Å². The van der Waals surface area contributed by atoms with Gasteiger partial charge in [-0.2, -0.15) is 12.6 Å².